The summed E-state index contributed by atoms with van der Waals surface area (Å²) in [6.45, 7) is 6.85. The van der Waals surface area contributed by atoms with Crippen LogP contribution in [0.3, 0.4) is 0 Å². The van der Waals surface area contributed by atoms with Gasteiger partial charge in [0.15, 0.2) is 11.6 Å². The number of carboxylic acids is 1. The minimum Gasteiger partial charge on any atom is -0.481 e. The average molecular weight is 658 g/mol. The molecule has 0 aliphatic carbocycles. The Labute approximate surface area is 277 Å². The van der Waals surface area contributed by atoms with Crippen molar-refractivity contribution in [3.05, 3.63) is 89.3 Å². The number of aryl methyl sites for hydroxylation is 3. The summed E-state index contributed by atoms with van der Waals surface area (Å²) < 4.78 is 17.5. The highest BCUT2D eigenvalue weighted by Crippen LogP contribution is 2.41. The second-order valence-corrected chi connectivity index (χ2v) is 15.4. The van der Waals surface area contributed by atoms with Crippen LogP contribution in [0.1, 0.15) is 69.0 Å². The molecule has 7 nitrogen and oxygen atoms in total. The Hall–Kier alpha value is -3.63. The minimum absolute atomic E-state index is 0.0858. The quantitative estimate of drug-likeness (QED) is 0.200. The summed E-state index contributed by atoms with van der Waals surface area (Å²) in [4.78, 5) is 25.8. The van der Waals surface area contributed by atoms with E-state index in [1.807, 2.05) is 55.3 Å². The maximum atomic E-state index is 15.7. The Morgan fingerprint density at radius 3 is 2.80 bits per heavy atom. The molecular formula is C36H40FN5O2S2. The third kappa shape index (κ3) is 6.88. The van der Waals surface area contributed by atoms with Crippen molar-refractivity contribution in [3.63, 3.8) is 0 Å². The summed E-state index contributed by atoms with van der Waals surface area (Å²) in [7, 11) is 1.89. The summed E-state index contributed by atoms with van der Waals surface area (Å²) in [5, 5.41) is 15.3. The molecule has 0 saturated carbocycles. The molecule has 0 radical (unpaired) electrons. The number of pyridine rings is 1. The number of thioether (sulfide) groups is 1. The van der Waals surface area contributed by atoms with Gasteiger partial charge in [-0.1, -0.05) is 56.3 Å². The Kier molecular flexibility index (Phi) is 9.30. The lowest BCUT2D eigenvalue weighted by atomic mass is 9.75. The van der Waals surface area contributed by atoms with Crippen LogP contribution >= 0.6 is 23.5 Å². The largest absolute Gasteiger partial charge is 0.481 e. The normalized spacial score (nSPS) is 18.9. The number of nitrogens with one attached hydrogen (secondary N) is 1. The van der Waals surface area contributed by atoms with Crippen molar-refractivity contribution in [2.45, 2.75) is 74.5 Å². The predicted octanol–water partition coefficient (Wildman–Crippen LogP) is 8.46. The Morgan fingerprint density at radius 1 is 1.13 bits per heavy atom. The molecule has 3 aromatic heterocycles. The van der Waals surface area contributed by atoms with Crippen LogP contribution in [0.15, 0.2) is 70.7 Å². The molecule has 4 heterocycles. The number of rotatable bonds is 4. The van der Waals surface area contributed by atoms with Crippen molar-refractivity contribution in [2.75, 3.05) is 11.5 Å². The number of carboxylic acid groups (broad SMARTS) is 1. The van der Waals surface area contributed by atoms with Gasteiger partial charge in [0.05, 0.1) is 10.3 Å². The molecule has 4 bridgehead atoms. The fourth-order valence-corrected chi connectivity index (χ4v) is 8.58. The SMILES string of the molecule is Cn1nc2nc1-c1cc(ccn1)Sc1c(F)cc3[nH]ccc3c1CCSCC(C)(C)CCC[C@]2(C)c1cccc(CCC(=O)O)c1. The van der Waals surface area contributed by atoms with Crippen molar-refractivity contribution in [3.8, 4) is 11.5 Å². The number of aromatic amines is 1. The zero-order valence-electron chi connectivity index (χ0n) is 26.8. The van der Waals surface area contributed by atoms with Gasteiger partial charge in [-0.15, -0.1) is 0 Å². The van der Waals surface area contributed by atoms with Gasteiger partial charge in [0, 0.05) is 41.7 Å². The van der Waals surface area contributed by atoms with Crippen molar-refractivity contribution in [1.82, 2.24) is 24.7 Å². The maximum absolute atomic E-state index is 15.7. The molecule has 46 heavy (non-hydrogen) atoms. The summed E-state index contributed by atoms with van der Waals surface area (Å²) >= 11 is 3.36. The molecule has 1 atom stereocenters. The van der Waals surface area contributed by atoms with E-state index in [0.29, 0.717) is 28.7 Å². The van der Waals surface area contributed by atoms with E-state index in [2.05, 4.69) is 42.9 Å². The number of aromatic nitrogens is 5. The number of carbonyl (C=O) groups is 1. The molecule has 10 heteroatoms. The summed E-state index contributed by atoms with van der Waals surface area (Å²) in [5.41, 5.74) is 4.20. The standard InChI is InChI=1S/C36H40FN5O2S2/c1-35(2)14-6-15-36(3,24-8-5-7-23(19-24)9-10-31(43)44)34-40-33(42(4)41-34)30-20-25(11-16-39-30)46-32-27(13-18-45-22-35)26-12-17-38-29(26)21-28(32)37/h5,7-8,11-12,16-17,19-21,38H,6,9-10,13-15,18,22H2,1-4H3,(H,43,44)/t36-/m1/s1. The summed E-state index contributed by atoms with van der Waals surface area (Å²) in [6, 6.07) is 15.7. The van der Waals surface area contributed by atoms with E-state index in [4.69, 9.17) is 10.1 Å². The molecule has 2 N–H and O–H groups in total. The number of fused-ring (bicyclic) bond motifs is 8. The summed E-state index contributed by atoms with van der Waals surface area (Å²) in [5.74, 6) is 2.23. The van der Waals surface area contributed by atoms with Crippen molar-refractivity contribution < 1.29 is 14.3 Å². The van der Waals surface area contributed by atoms with Gasteiger partial charge in [0.2, 0.25) is 0 Å². The minimum atomic E-state index is -0.805. The van der Waals surface area contributed by atoms with E-state index in [1.54, 1.807) is 16.9 Å². The first-order valence-corrected chi connectivity index (χ1v) is 17.7. The number of aliphatic carboxylic acids is 1. The number of benzene rings is 2. The van der Waals surface area contributed by atoms with Gasteiger partial charge in [0.1, 0.15) is 11.5 Å². The van der Waals surface area contributed by atoms with Crippen LogP contribution in [-0.2, 0) is 30.1 Å². The molecule has 0 fully saturated rings. The average Bonchev–Trinajstić information content (AvgIpc) is 3.66. The third-order valence-corrected chi connectivity index (χ3v) is 11.6. The maximum Gasteiger partial charge on any atom is 0.303 e. The molecule has 240 valence electrons. The molecule has 1 aliphatic rings. The number of H-pyrrole nitrogens is 1. The van der Waals surface area contributed by atoms with E-state index in [-0.39, 0.29) is 17.7 Å². The smallest absolute Gasteiger partial charge is 0.303 e. The number of halogens is 1. The van der Waals surface area contributed by atoms with Crippen LogP contribution in [0.25, 0.3) is 22.4 Å². The van der Waals surface area contributed by atoms with Crippen LogP contribution in [0.4, 0.5) is 4.39 Å². The van der Waals surface area contributed by atoms with Crippen LogP contribution in [0.5, 0.6) is 0 Å². The highest BCUT2D eigenvalue weighted by molar-refractivity contribution is 7.99. The molecular weight excluding hydrogens is 618 g/mol. The summed E-state index contributed by atoms with van der Waals surface area (Å²) in [6.07, 6.45) is 7.80. The zero-order chi connectivity index (χ0) is 32.5. The lowest BCUT2D eigenvalue weighted by molar-refractivity contribution is -0.136. The van der Waals surface area contributed by atoms with Crippen molar-refractivity contribution in [1.29, 1.82) is 0 Å². The second kappa shape index (κ2) is 13.2. The lowest BCUT2D eigenvalue weighted by Gasteiger charge is -2.30. The Bertz CT molecular complexity index is 1880. The fraction of sp³-hybridized carbons (Fsp3) is 0.389. The van der Waals surface area contributed by atoms with Gasteiger partial charge in [-0.05, 0) is 90.5 Å². The van der Waals surface area contributed by atoms with Gasteiger partial charge in [-0.3, -0.25) is 9.78 Å². The first-order chi connectivity index (χ1) is 22.0. The monoisotopic (exact) mass is 657 g/mol. The Balaban J connectivity index is 1.44. The molecule has 6 rings (SSSR count). The van der Waals surface area contributed by atoms with E-state index in [9.17, 15) is 9.90 Å². The van der Waals surface area contributed by atoms with Crippen molar-refractivity contribution in [2.24, 2.45) is 12.5 Å². The number of hydrogen-bond donors (Lipinski definition) is 2. The van der Waals surface area contributed by atoms with Gasteiger partial charge < -0.3 is 10.1 Å². The Morgan fingerprint density at radius 2 is 1.98 bits per heavy atom. The van der Waals surface area contributed by atoms with Crippen LogP contribution < -0.4 is 0 Å². The van der Waals surface area contributed by atoms with Gasteiger partial charge >= 0.3 is 5.97 Å². The van der Waals surface area contributed by atoms with Gasteiger partial charge in [0.25, 0.3) is 0 Å². The lowest BCUT2D eigenvalue weighted by Crippen LogP contribution is -2.27. The molecule has 0 amide bonds. The first-order valence-electron chi connectivity index (χ1n) is 15.8. The van der Waals surface area contributed by atoms with E-state index in [1.165, 1.54) is 11.8 Å². The molecule has 1 aliphatic heterocycles. The molecule has 0 unspecified atom stereocenters. The number of nitrogens with zero attached hydrogens (tertiary/aromatic N) is 4. The van der Waals surface area contributed by atoms with Gasteiger partial charge in [-0.2, -0.15) is 16.9 Å². The van der Waals surface area contributed by atoms with E-state index >= 15 is 4.39 Å². The topological polar surface area (TPSA) is 96.7 Å². The first kappa shape index (κ1) is 32.3. The second-order valence-electron chi connectivity index (χ2n) is 13.2. The van der Waals surface area contributed by atoms with E-state index < -0.39 is 11.4 Å². The number of hydrogen-bond acceptors (Lipinski definition) is 6. The van der Waals surface area contributed by atoms with Crippen molar-refractivity contribution >= 4 is 40.4 Å². The van der Waals surface area contributed by atoms with Crippen LogP contribution in [-0.4, -0.2) is 47.3 Å². The van der Waals surface area contributed by atoms with Gasteiger partial charge in [-0.25, -0.2) is 14.1 Å². The van der Waals surface area contributed by atoms with Crippen LogP contribution in [0, 0.1) is 11.2 Å². The molecule has 0 saturated heterocycles. The predicted molar refractivity (Wildman–Crippen MR) is 184 cm³/mol. The van der Waals surface area contributed by atoms with Crippen LogP contribution in [0.2, 0.25) is 0 Å². The molecule has 0 spiro atoms. The molecule has 2 aromatic carbocycles. The fourth-order valence-electron chi connectivity index (χ4n) is 6.36. The van der Waals surface area contributed by atoms with E-state index in [0.717, 1.165) is 69.7 Å². The highest BCUT2D eigenvalue weighted by atomic mass is 32.2. The zero-order valence-corrected chi connectivity index (χ0v) is 28.4. The third-order valence-electron chi connectivity index (χ3n) is 9.01. The molecule has 5 aromatic rings. The highest BCUT2D eigenvalue weighted by Gasteiger charge is 2.35.